The average molecular weight is 405 g/mol. The Bertz CT molecular complexity index is 1030. The summed E-state index contributed by atoms with van der Waals surface area (Å²) in [5.74, 6) is 1.18. The lowest BCUT2D eigenvalue weighted by Crippen LogP contribution is -2.23. The van der Waals surface area contributed by atoms with Crippen molar-refractivity contribution >= 4 is 17.9 Å². The van der Waals surface area contributed by atoms with E-state index in [4.69, 9.17) is 19.3 Å². The number of ether oxygens (including phenoxy) is 3. The smallest absolute Gasteiger partial charge is 0.344 e. The molecule has 0 aliphatic rings. The van der Waals surface area contributed by atoms with Crippen LogP contribution in [0.5, 0.6) is 23.0 Å². The molecule has 3 aromatic carbocycles. The molecule has 1 N–H and O–H groups in total. The zero-order chi connectivity index (χ0) is 21.5. The van der Waals surface area contributed by atoms with Crippen LogP contribution in [0.4, 0.5) is 5.69 Å². The summed E-state index contributed by atoms with van der Waals surface area (Å²) in [5.41, 5.74) is 2.50. The summed E-state index contributed by atoms with van der Waals surface area (Å²) in [6.07, 6.45) is 0.592. The monoisotopic (exact) mass is 405 g/mol. The molecule has 0 aromatic heterocycles. The maximum atomic E-state index is 11.2. The van der Waals surface area contributed by atoms with Crippen molar-refractivity contribution < 1.29 is 24.1 Å². The van der Waals surface area contributed by atoms with Crippen molar-refractivity contribution in [3.8, 4) is 23.0 Å². The molecule has 0 radical (unpaired) electrons. The molecule has 154 valence electrons. The zero-order valence-electron chi connectivity index (χ0n) is 17.0. The number of hydrogen-bond donors (Lipinski definition) is 1. The van der Waals surface area contributed by atoms with Crippen LogP contribution in [0, 0.1) is 6.92 Å². The van der Waals surface area contributed by atoms with Gasteiger partial charge in [0.1, 0.15) is 11.5 Å². The van der Waals surface area contributed by atoms with Crippen molar-refractivity contribution in [3.63, 3.8) is 0 Å². The van der Waals surface area contributed by atoms with Crippen LogP contribution in [0.15, 0.2) is 71.7 Å². The Morgan fingerprint density at radius 1 is 1.00 bits per heavy atom. The van der Waals surface area contributed by atoms with E-state index in [2.05, 4.69) is 4.99 Å². The summed E-state index contributed by atoms with van der Waals surface area (Å²) in [4.78, 5) is 15.6. The van der Waals surface area contributed by atoms with Gasteiger partial charge in [-0.3, -0.25) is 4.99 Å². The molecule has 6 nitrogen and oxygen atoms in total. The number of nitrogens with zero attached hydrogens (tertiary/aromatic N) is 1. The van der Waals surface area contributed by atoms with E-state index < -0.39 is 12.1 Å². The summed E-state index contributed by atoms with van der Waals surface area (Å²) < 4.78 is 16.7. The van der Waals surface area contributed by atoms with E-state index in [9.17, 15) is 4.79 Å². The molecule has 6 heteroatoms. The van der Waals surface area contributed by atoms with Crippen LogP contribution < -0.4 is 14.2 Å². The first kappa shape index (κ1) is 20.9. The summed E-state index contributed by atoms with van der Waals surface area (Å²) in [7, 11) is 1.50. The van der Waals surface area contributed by atoms with Gasteiger partial charge in [-0.25, -0.2) is 4.79 Å². The molecule has 30 heavy (non-hydrogen) atoms. The second kappa shape index (κ2) is 9.60. The van der Waals surface area contributed by atoms with Crippen LogP contribution in [0.25, 0.3) is 0 Å². The van der Waals surface area contributed by atoms with E-state index in [1.54, 1.807) is 24.4 Å². The number of aryl methyl sites for hydroxylation is 1. The van der Waals surface area contributed by atoms with Gasteiger partial charge in [-0.15, -0.1) is 0 Å². The largest absolute Gasteiger partial charge is 0.493 e. The fourth-order valence-electron chi connectivity index (χ4n) is 2.64. The normalized spacial score (nSPS) is 11.8. The molecule has 3 aromatic rings. The quantitative estimate of drug-likeness (QED) is 0.508. The fraction of sp³-hybridized carbons (Fsp3) is 0.167. The minimum Gasteiger partial charge on any atom is -0.493 e. The Morgan fingerprint density at radius 2 is 1.63 bits per heavy atom. The highest BCUT2D eigenvalue weighted by Crippen LogP contribution is 2.32. The van der Waals surface area contributed by atoms with Gasteiger partial charge in [0.05, 0.1) is 12.8 Å². The highest BCUT2D eigenvalue weighted by atomic mass is 16.5. The number of aliphatic imine (C=N–C) groups is 1. The Labute approximate surface area is 175 Å². The number of benzene rings is 3. The number of carboxylic acids is 1. The number of carboxylic acid groups (broad SMARTS) is 1. The molecular weight excluding hydrogens is 382 g/mol. The summed E-state index contributed by atoms with van der Waals surface area (Å²) >= 11 is 0. The van der Waals surface area contributed by atoms with Crippen molar-refractivity contribution in [2.75, 3.05) is 7.11 Å². The summed E-state index contributed by atoms with van der Waals surface area (Å²) in [5, 5.41) is 9.14. The molecule has 0 aliphatic heterocycles. The summed E-state index contributed by atoms with van der Waals surface area (Å²) in [6.45, 7) is 3.49. The molecule has 0 spiro atoms. The van der Waals surface area contributed by atoms with Gasteiger partial charge in [-0.05, 0) is 62.4 Å². The van der Waals surface area contributed by atoms with Crippen molar-refractivity contribution in [3.05, 3.63) is 77.9 Å². The lowest BCUT2D eigenvalue weighted by molar-refractivity contribution is -0.144. The molecule has 0 amide bonds. The van der Waals surface area contributed by atoms with Crippen LogP contribution in [0.3, 0.4) is 0 Å². The van der Waals surface area contributed by atoms with Crippen LogP contribution in [-0.4, -0.2) is 30.5 Å². The molecule has 0 unspecified atom stereocenters. The van der Waals surface area contributed by atoms with E-state index >= 15 is 0 Å². The van der Waals surface area contributed by atoms with Crippen LogP contribution >= 0.6 is 0 Å². The predicted octanol–water partition coefficient (Wildman–Crippen LogP) is 5.40. The van der Waals surface area contributed by atoms with E-state index in [1.165, 1.54) is 19.6 Å². The SMILES string of the molecule is COc1cccc(C=Nc2ccc(Oc3ccc(C)cc3)cc2)c1O[C@H](C)C(=O)O. The maximum Gasteiger partial charge on any atom is 0.344 e. The van der Waals surface area contributed by atoms with Gasteiger partial charge in [-0.1, -0.05) is 23.8 Å². The van der Waals surface area contributed by atoms with E-state index in [1.807, 2.05) is 55.5 Å². The second-order valence-electron chi connectivity index (χ2n) is 6.64. The molecular formula is C24H23NO5. The molecule has 0 saturated heterocycles. The van der Waals surface area contributed by atoms with Gasteiger partial charge in [0.2, 0.25) is 0 Å². The first-order chi connectivity index (χ1) is 14.5. The topological polar surface area (TPSA) is 77.3 Å². The molecule has 0 fully saturated rings. The Kier molecular flexibility index (Phi) is 6.70. The number of rotatable bonds is 8. The van der Waals surface area contributed by atoms with Crippen molar-refractivity contribution in [1.82, 2.24) is 0 Å². The Balaban J connectivity index is 1.76. The second-order valence-corrected chi connectivity index (χ2v) is 6.64. The molecule has 0 aliphatic carbocycles. The maximum absolute atomic E-state index is 11.2. The third-order valence-corrected chi connectivity index (χ3v) is 4.32. The molecule has 0 heterocycles. The van der Waals surface area contributed by atoms with Crippen molar-refractivity contribution in [2.24, 2.45) is 4.99 Å². The zero-order valence-corrected chi connectivity index (χ0v) is 17.0. The first-order valence-corrected chi connectivity index (χ1v) is 9.41. The molecule has 1 atom stereocenters. The number of para-hydroxylation sites is 1. The van der Waals surface area contributed by atoms with Gasteiger partial charge >= 0.3 is 5.97 Å². The minimum atomic E-state index is -1.06. The fourth-order valence-corrected chi connectivity index (χ4v) is 2.64. The number of carbonyl (C=O) groups is 1. The third kappa shape index (κ3) is 5.38. The lowest BCUT2D eigenvalue weighted by atomic mass is 10.2. The van der Waals surface area contributed by atoms with E-state index in [0.29, 0.717) is 28.5 Å². The third-order valence-electron chi connectivity index (χ3n) is 4.32. The van der Waals surface area contributed by atoms with Crippen LogP contribution in [0.1, 0.15) is 18.1 Å². The van der Waals surface area contributed by atoms with Crippen molar-refractivity contribution in [2.45, 2.75) is 20.0 Å². The molecule has 0 saturated carbocycles. The lowest BCUT2D eigenvalue weighted by Gasteiger charge is -2.15. The van der Waals surface area contributed by atoms with E-state index in [0.717, 1.165) is 5.75 Å². The molecule has 3 rings (SSSR count). The number of hydrogen-bond acceptors (Lipinski definition) is 5. The van der Waals surface area contributed by atoms with Gasteiger partial charge in [0, 0.05) is 11.8 Å². The van der Waals surface area contributed by atoms with Crippen LogP contribution in [0.2, 0.25) is 0 Å². The number of aliphatic carboxylic acids is 1. The van der Waals surface area contributed by atoms with Gasteiger partial charge in [-0.2, -0.15) is 0 Å². The van der Waals surface area contributed by atoms with Crippen LogP contribution in [-0.2, 0) is 4.79 Å². The van der Waals surface area contributed by atoms with Crippen molar-refractivity contribution in [1.29, 1.82) is 0 Å². The first-order valence-electron chi connectivity index (χ1n) is 9.41. The van der Waals surface area contributed by atoms with Gasteiger partial charge in [0.25, 0.3) is 0 Å². The molecule has 0 bridgehead atoms. The predicted molar refractivity (Wildman–Crippen MR) is 116 cm³/mol. The standard InChI is InChI=1S/C24H23NO5/c1-16-7-11-20(12-8-16)30-21-13-9-19(10-14-21)25-15-18-5-4-6-22(28-3)23(18)29-17(2)24(26)27/h4-15,17H,1-3H3,(H,26,27)/t17-/m1/s1. The van der Waals surface area contributed by atoms with Gasteiger partial charge < -0.3 is 19.3 Å². The Hall–Kier alpha value is -3.80. The van der Waals surface area contributed by atoms with E-state index in [-0.39, 0.29) is 0 Å². The summed E-state index contributed by atoms with van der Waals surface area (Å²) in [6, 6.07) is 20.4. The van der Waals surface area contributed by atoms with Gasteiger partial charge in [0.15, 0.2) is 17.6 Å². The Morgan fingerprint density at radius 3 is 2.23 bits per heavy atom. The number of methoxy groups -OCH3 is 1. The highest BCUT2D eigenvalue weighted by molar-refractivity contribution is 5.87. The average Bonchev–Trinajstić information content (AvgIpc) is 2.75. The highest BCUT2D eigenvalue weighted by Gasteiger charge is 2.17. The minimum absolute atomic E-state index is 0.331.